The van der Waals surface area contributed by atoms with Gasteiger partial charge in [-0.15, -0.1) is 0 Å². The second kappa shape index (κ2) is 8.32. The zero-order valence-corrected chi connectivity index (χ0v) is 18.9. The van der Waals surface area contributed by atoms with E-state index in [4.69, 9.17) is 4.74 Å². The van der Waals surface area contributed by atoms with Crippen LogP contribution >= 0.6 is 15.9 Å². The van der Waals surface area contributed by atoms with E-state index in [2.05, 4.69) is 62.0 Å². The first kappa shape index (κ1) is 20.0. The second-order valence-corrected chi connectivity index (χ2v) is 8.71. The third-order valence-electron chi connectivity index (χ3n) is 5.79. The van der Waals surface area contributed by atoms with Crippen LogP contribution in [-0.4, -0.2) is 40.8 Å². The smallest absolute Gasteiger partial charge is 0.251 e. The summed E-state index contributed by atoms with van der Waals surface area (Å²) in [4.78, 5) is 22.9. The van der Waals surface area contributed by atoms with Crippen LogP contribution < -0.4 is 10.5 Å². The van der Waals surface area contributed by atoms with E-state index in [1.54, 1.807) is 10.6 Å². The highest BCUT2D eigenvalue weighted by Gasteiger charge is 2.15. The van der Waals surface area contributed by atoms with Gasteiger partial charge in [0.05, 0.1) is 31.6 Å². The number of hydrogen-bond acceptors (Lipinski definition) is 4. The average molecular weight is 479 g/mol. The number of aromatic amines is 1. The van der Waals surface area contributed by atoms with Crippen molar-refractivity contribution in [3.05, 3.63) is 80.9 Å². The summed E-state index contributed by atoms with van der Waals surface area (Å²) in [5.41, 5.74) is 6.00. The molecular formula is C24H23BrN4O2. The van der Waals surface area contributed by atoms with Crippen LogP contribution in [0.5, 0.6) is 0 Å². The van der Waals surface area contributed by atoms with Crippen LogP contribution in [0.25, 0.3) is 22.2 Å². The van der Waals surface area contributed by atoms with Crippen LogP contribution in [0.2, 0.25) is 0 Å². The van der Waals surface area contributed by atoms with E-state index in [1.165, 1.54) is 5.56 Å². The van der Waals surface area contributed by atoms with Crippen LogP contribution in [-0.2, 0) is 11.3 Å². The number of halogens is 1. The summed E-state index contributed by atoms with van der Waals surface area (Å²) in [6.45, 7) is 5.77. The maximum Gasteiger partial charge on any atom is 0.251 e. The van der Waals surface area contributed by atoms with Crippen molar-refractivity contribution in [3.8, 4) is 11.1 Å². The van der Waals surface area contributed by atoms with E-state index in [0.717, 1.165) is 64.2 Å². The highest BCUT2D eigenvalue weighted by Crippen LogP contribution is 2.30. The summed E-state index contributed by atoms with van der Waals surface area (Å²) in [5.74, 6) is 0. The first-order valence-electron chi connectivity index (χ1n) is 10.3. The number of fused-ring (bicyclic) bond motifs is 1. The molecule has 1 aliphatic rings. The fourth-order valence-corrected chi connectivity index (χ4v) is 4.39. The van der Waals surface area contributed by atoms with Gasteiger partial charge in [0.25, 0.3) is 5.56 Å². The van der Waals surface area contributed by atoms with Gasteiger partial charge in [-0.2, -0.15) is 0 Å². The second-order valence-electron chi connectivity index (χ2n) is 7.86. The fraction of sp³-hybridized carbons (Fsp3) is 0.250. The quantitative estimate of drug-likeness (QED) is 0.473. The van der Waals surface area contributed by atoms with Gasteiger partial charge in [0.1, 0.15) is 5.65 Å². The largest absolute Gasteiger partial charge is 0.378 e. The van der Waals surface area contributed by atoms with Gasteiger partial charge in [0.15, 0.2) is 0 Å². The minimum Gasteiger partial charge on any atom is -0.378 e. The van der Waals surface area contributed by atoms with E-state index in [-0.39, 0.29) is 5.56 Å². The van der Waals surface area contributed by atoms with Crippen LogP contribution in [0.15, 0.2) is 64.3 Å². The molecule has 1 aliphatic heterocycles. The standard InChI is InChI=1S/C24H23BrN4O2/c1-16-2-3-17(10-22(16)25)15-29-5-4-18(11-23(29)30)21-14-27-24-20(21)12-19(13-26-24)28-6-8-31-9-7-28/h2-5,10-14H,6-9,15H2,1H3,(H,26,27). The lowest BCUT2D eigenvalue weighted by Gasteiger charge is -2.28. The Hall–Kier alpha value is -2.90. The van der Waals surface area contributed by atoms with Crippen molar-refractivity contribution in [2.45, 2.75) is 13.5 Å². The van der Waals surface area contributed by atoms with Crippen molar-refractivity contribution >= 4 is 32.7 Å². The average Bonchev–Trinajstić information content (AvgIpc) is 3.21. The van der Waals surface area contributed by atoms with Crippen LogP contribution in [0, 0.1) is 6.92 Å². The van der Waals surface area contributed by atoms with E-state index >= 15 is 0 Å². The van der Waals surface area contributed by atoms with E-state index in [0.29, 0.717) is 6.54 Å². The van der Waals surface area contributed by atoms with Crippen molar-refractivity contribution in [1.29, 1.82) is 0 Å². The molecular weight excluding hydrogens is 456 g/mol. The highest BCUT2D eigenvalue weighted by molar-refractivity contribution is 9.10. The first-order chi connectivity index (χ1) is 15.1. The number of benzene rings is 1. The van der Waals surface area contributed by atoms with Gasteiger partial charge in [-0.05, 0) is 41.8 Å². The zero-order valence-electron chi connectivity index (χ0n) is 17.3. The molecule has 0 bridgehead atoms. The third-order valence-corrected chi connectivity index (χ3v) is 6.64. The molecule has 5 rings (SSSR count). The summed E-state index contributed by atoms with van der Waals surface area (Å²) in [6.07, 6.45) is 5.69. The molecule has 3 aromatic heterocycles. The maximum atomic E-state index is 12.8. The Labute approximate surface area is 188 Å². The number of ether oxygens (including phenoxy) is 1. The van der Waals surface area contributed by atoms with Gasteiger partial charge in [-0.25, -0.2) is 4.98 Å². The molecule has 158 valence electrons. The molecule has 1 saturated heterocycles. The Bertz CT molecular complexity index is 1300. The van der Waals surface area contributed by atoms with Crippen molar-refractivity contribution < 1.29 is 4.74 Å². The van der Waals surface area contributed by atoms with Crippen molar-refractivity contribution in [3.63, 3.8) is 0 Å². The Morgan fingerprint density at radius 2 is 2.00 bits per heavy atom. The monoisotopic (exact) mass is 478 g/mol. The molecule has 4 aromatic rings. The Morgan fingerprint density at radius 1 is 1.16 bits per heavy atom. The molecule has 0 atom stereocenters. The summed E-state index contributed by atoms with van der Waals surface area (Å²) < 4.78 is 8.24. The number of anilines is 1. The normalized spacial score (nSPS) is 14.3. The molecule has 6 nitrogen and oxygen atoms in total. The fourth-order valence-electron chi connectivity index (χ4n) is 3.96. The van der Waals surface area contributed by atoms with Crippen molar-refractivity contribution in [1.82, 2.24) is 14.5 Å². The SMILES string of the molecule is Cc1ccc(Cn2ccc(-c3c[nH]c4ncc(N5CCOCC5)cc34)cc2=O)cc1Br. The van der Waals surface area contributed by atoms with E-state index in [1.807, 2.05) is 24.7 Å². The minimum absolute atomic E-state index is 0.0270. The highest BCUT2D eigenvalue weighted by atomic mass is 79.9. The number of nitrogens with zero attached hydrogens (tertiary/aromatic N) is 3. The maximum absolute atomic E-state index is 12.8. The van der Waals surface area contributed by atoms with Crippen molar-refractivity contribution in [2.75, 3.05) is 31.2 Å². The van der Waals surface area contributed by atoms with Gasteiger partial charge in [-0.1, -0.05) is 28.1 Å². The molecule has 0 spiro atoms. The van der Waals surface area contributed by atoms with Crippen LogP contribution in [0.1, 0.15) is 11.1 Å². The Balaban J connectivity index is 1.46. The Morgan fingerprint density at radius 3 is 2.77 bits per heavy atom. The Kier molecular flexibility index (Phi) is 5.38. The summed E-state index contributed by atoms with van der Waals surface area (Å²) in [6, 6.07) is 12.0. The molecule has 4 heterocycles. The number of rotatable bonds is 4. The molecule has 0 unspecified atom stereocenters. The lowest BCUT2D eigenvalue weighted by Crippen LogP contribution is -2.36. The third kappa shape index (κ3) is 4.03. The molecule has 0 aliphatic carbocycles. The van der Waals surface area contributed by atoms with Crippen molar-refractivity contribution in [2.24, 2.45) is 0 Å². The van der Waals surface area contributed by atoms with Gasteiger partial charge < -0.3 is 19.2 Å². The zero-order chi connectivity index (χ0) is 21.4. The minimum atomic E-state index is -0.0270. The summed E-state index contributed by atoms with van der Waals surface area (Å²) >= 11 is 3.57. The van der Waals surface area contributed by atoms with E-state index in [9.17, 15) is 4.79 Å². The summed E-state index contributed by atoms with van der Waals surface area (Å²) in [7, 11) is 0. The van der Waals surface area contributed by atoms with Gasteiger partial charge in [0, 0.05) is 47.0 Å². The molecule has 0 saturated carbocycles. The molecule has 0 amide bonds. The summed E-state index contributed by atoms with van der Waals surface area (Å²) in [5, 5.41) is 1.02. The first-order valence-corrected chi connectivity index (χ1v) is 11.1. The molecule has 31 heavy (non-hydrogen) atoms. The molecule has 1 N–H and O–H groups in total. The van der Waals surface area contributed by atoms with Crippen LogP contribution in [0.4, 0.5) is 5.69 Å². The van der Waals surface area contributed by atoms with Gasteiger partial charge in [-0.3, -0.25) is 4.79 Å². The number of nitrogens with one attached hydrogen (secondary N) is 1. The number of aromatic nitrogens is 3. The predicted octanol–water partition coefficient (Wildman–Crippen LogP) is 4.35. The lowest BCUT2D eigenvalue weighted by molar-refractivity contribution is 0.122. The number of H-pyrrole nitrogens is 1. The topological polar surface area (TPSA) is 63.1 Å². The van der Waals surface area contributed by atoms with E-state index < -0.39 is 0 Å². The number of aryl methyl sites for hydroxylation is 1. The van der Waals surface area contributed by atoms with Gasteiger partial charge >= 0.3 is 0 Å². The molecule has 1 fully saturated rings. The predicted molar refractivity (Wildman–Crippen MR) is 127 cm³/mol. The molecule has 7 heteroatoms. The molecule has 0 radical (unpaired) electrons. The lowest BCUT2D eigenvalue weighted by atomic mass is 10.1. The van der Waals surface area contributed by atoms with Crippen LogP contribution in [0.3, 0.4) is 0 Å². The molecule has 1 aromatic carbocycles. The number of pyridine rings is 2. The number of morpholine rings is 1. The van der Waals surface area contributed by atoms with Gasteiger partial charge in [0.2, 0.25) is 0 Å². The number of hydrogen-bond donors (Lipinski definition) is 1.